The van der Waals surface area contributed by atoms with Crippen molar-refractivity contribution in [3.05, 3.63) is 0 Å². The van der Waals surface area contributed by atoms with Gasteiger partial charge in [0.25, 0.3) is 0 Å². The maximum atomic E-state index is 12.2. The van der Waals surface area contributed by atoms with Gasteiger partial charge in [-0.3, -0.25) is 0 Å². The van der Waals surface area contributed by atoms with Crippen LogP contribution in [0.15, 0.2) is 0 Å². The molecule has 2 saturated heterocycles. The van der Waals surface area contributed by atoms with Gasteiger partial charge in [0.15, 0.2) is 0 Å². The molecule has 2 aliphatic rings. The molecule has 0 aromatic heterocycles. The second-order valence-corrected chi connectivity index (χ2v) is 8.30. The number of hydrogen-bond acceptors (Lipinski definition) is 3. The average molecular weight is 232 g/mol. The fourth-order valence-electron chi connectivity index (χ4n) is 2.40. The highest BCUT2D eigenvalue weighted by Crippen LogP contribution is 2.32. The summed E-state index contributed by atoms with van der Waals surface area (Å²) in [5.41, 5.74) is 0. The Bertz CT molecular complexity index is 333. The van der Waals surface area contributed by atoms with Crippen molar-refractivity contribution in [2.75, 3.05) is 26.2 Å². The number of sulfonamides is 1. The van der Waals surface area contributed by atoms with Crippen LogP contribution in [0, 0.1) is 11.8 Å². The average Bonchev–Trinajstić information content (AvgIpc) is 2.57. The van der Waals surface area contributed by atoms with Crippen LogP contribution < -0.4 is 5.32 Å². The predicted molar refractivity (Wildman–Crippen MR) is 60.1 cm³/mol. The summed E-state index contributed by atoms with van der Waals surface area (Å²) in [6.07, 6.45) is 0. The van der Waals surface area contributed by atoms with E-state index in [9.17, 15) is 8.42 Å². The van der Waals surface area contributed by atoms with Crippen LogP contribution in [-0.2, 0) is 10.0 Å². The molecule has 1 N–H and O–H groups in total. The molecule has 15 heavy (non-hydrogen) atoms. The Morgan fingerprint density at radius 3 is 2.00 bits per heavy atom. The zero-order valence-electron chi connectivity index (χ0n) is 9.66. The van der Waals surface area contributed by atoms with Gasteiger partial charge in [-0.25, -0.2) is 12.7 Å². The lowest BCUT2D eigenvalue weighted by molar-refractivity contribution is 0.427. The topological polar surface area (TPSA) is 49.4 Å². The van der Waals surface area contributed by atoms with Crippen LogP contribution >= 0.6 is 0 Å². The van der Waals surface area contributed by atoms with Crippen LogP contribution in [0.4, 0.5) is 0 Å². The zero-order chi connectivity index (χ0) is 11.3. The summed E-state index contributed by atoms with van der Waals surface area (Å²) in [6.45, 7) is 8.67. The van der Waals surface area contributed by atoms with Gasteiger partial charge in [0, 0.05) is 13.1 Å². The summed E-state index contributed by atoms with van der Waals surface area (Å²) in [4.78, 5) is 0. The van der Waals surface area contributed by atoms with Gasteiger partial charge in [0.05, 0.1) is 4.75 Å². The molecule has 2 fully saturated rings. The second-order valence-electron chi connectivity index (χ2n) is 5.61. The molecule has 0 amide bonds. The summed E-state index contributed by atoms with van der Waals surface area (Å²) in [5.74, 6) is 1.06. The Labute approximate surface area is 92.1 Å². The maximum Gasteiger partial charge on any atom is 0.219 e. The molecule has 4 nitrogen and oxygen atoms in total. The van der Waals surface area contributed by atoms with E-state index >= 15 is 0 Å². The quantitative estimate of drug-likeness (QED) is 0.706. The Morgan fingerprint density at radius 2 is 1.60 bits per heavy atom. The van der Waals surface area contributed by atoms with Crippen molar-refractivity contribution < 1.29 is 8.42 Å². The minimum atomic E-state index is -3.11. The van der Waals surface area contributed by atoms with E-state index in [-0.39, 0.29) is 0 Å². The number of rotatable bonds is 1. The summed E-state index contributed by atoms with van der Waals surface area (Å²) >= 11 is 0. The molecule has 0 aliphatic carbocycles. The van der Waals surface area contributed by atoms with Gasteiger partial charge in [0.1, 0.15) is 0 Å². The van der Waals surface area contributed by atoms with Crippen molar-refractivity contribution in [1.82, 2.24) is 9.62 Å². The number of hydrogen-bond donors (Lipinski definition) is 1. The van der Waals surface area contributed by atoms with Crippen molar-refractivity contribution in [2.45, 2.75) is 25.5 Å². The first kappa shape index (κ1) is 11.4. The van der Waals surface area contributed by atoms with E-state index in [1.807, 2.05) is 0 Å². The summed E-state index contributed by atoms with van der Waals surface area (Å²) in [7, 11) is -3.11. The lowest BCUT2D eigenvalue weighted by Gasteiger charge is -2.27. The Balaban J connectivity index is 2.15. The first-order valence-corrected chi connectivity index (χ1v) is 6.97. The van der Waals surface area contributed by atoms with Gasteiger partial charge in [-0.2, -0.15) is 0 Å². The molecule has 2 aliphatic heterocycles. The largest absolute Gasteiger partial charge is 0.316 e. The van der Waals surface area contributed by atoms with Crippen LogP contribution in [0.25, 0.3) is 0 Å². The molecule has 2 heterocycles. The van der Waals surface area contributed by atoms with Crippen LogP contribution in [0.1, 0.15) is 20.8 Å². The highest BCUT2D eigenvalue weighted by atomic mass is 32.2. The van der Waals surface area contributed by atoms with E-state index in [0.717, 1.165) is 13.1 Å². The highest BCUT2D eigenvalue weighted by molar-refractivity contribution is 7.90. The van der Waals surface area contributed by atoms with E-state index in [1.54, 1.807) is 25.1 Å². The first-order chi connectivity index (χ1) is 6.82. The molecule has 88 valence electrons. The van der Waals surface area contributed by atoms with E-state index in [2.05, 4.69) is 5.32 Å². The third-order valence-corrected chi connectivity index (χ3v) is 6.00. The molecule has 5 heteroatoms. The standard InChI is InChI=1S/C10H20N2O2S/c1-10(2,3)15(13,14)12-6-8-4-11-5-9(8)7-12/h8-9,11H,4-7H2,1-3H3/t8-,9+. The van der Waals surface area contributed by atoms with E-state index in [0.29, 0.717) is 24.9 Å². The third kappa shape index (κ3) is 1.81. The van der Waals surface area contributed by atoms with Crippen molar-refractivity contribution in [3.63, 3.8) is 0 Å². The van der Waals surface area contributed by atoms with Gasteiger partial charge < -0.3 is 5.32 Å². The van der Waals surface area contributed by atoms with Crippen molar-refractivity contribution in [2.24, 2.45) is 11.8 Å². The van der Waals surface area contributed by atoms with Crippen LogP contribution in [0.2, 0.25) is 0 Å². The second kappa shape index (κ2) is 3.43. The van der Waals surface area contributed by atoms with Gasteiger partial charge >= 0.3 is 0 Å². The molecule has 0 radical (unpaired) electrons. The maximum absolute atomic E-state index is 12.2. The van der Waals surface area contributed by atoms with Crippen molar-refractivity contribution in [3.8, 4) is 0 Å². The molecular formula is C10H20N2O2S. The lowest BCUT2D eigenvalue weighted by Crippen LogP contribution is -2.42. The SMILES string of the molecule is CC(C)(C)S(=O)(=O)N1C[C@H]2CNC[C@H]2C1. The van der Waals surface area contributed by atoms with Gasteiger partial charge in [0.2, 0.25) is 10.0 Å². The highest BCUT2D eigenvalue weighted by Gasteiger charge is 2.44. The Morgan fingerprint density at radius 1 is 1.13 bits per heavy atom. The predicted octanol–water partition coefficient (Wildman–Crippen LogP) is 0.266. The first-order valence-electron chi connectivity index (χ1n) is 5.53. The fourth-order valence-corrected chi connectivity index (χ4v) is 3.95. The molecule has 2 atom stereocenters. The minimum Gasteiger partial charge on any atom is -0.316 e. The molecule has 0 aromatic rings. The van der Waals surface area contributed by atoms with Crippen LogP contribution in [0.5, 0.6) is 0 Å². The summed E-state index contributed by atoms with van der Waals surface area (Å²) in [6, 6.07) is 0. The smallest absolute Gasteiger partial charge is 0.219 e. The van der Waals surface area contributed by atoms with Crippen molar-refractivity contribution in [1.29, 1.82) is 0 Å². The monoisotopic (exact) mass is 232 g/mol. The fraction of sp³-hybridized carbons (Fsp3) is 1.00. The van der Waals surface area contributed by atoms with Crippen LogP contribution in [0.3, 0.4) is 0 Å². The molecule has 2 rings (SSSR count). The molecule has 0 saturated carbocycles. The molecule has 0 spiro atoms. The lowest BCUT2D eigenvalue weighted by atomic mass is 10.0. The normalized spacial score (nSPS) is 33.3. The van der Waals surface area contributed by atoms with Gasteiger partial charge in [-0.15, -0.1) is 0 Å². The number of nitrogens with one attached hydrogen (secondary N) is 1. The van der Waals surface area contributed by atoms with Crippen LogP contribution in [-0.4, -0.2) is 43.6 Å². The number of nitrogens with zero attached hydrogens (tertiary/aromatic N) is 1. The summed E-state index contributed by atoms with van der Waals surface area (Å²) in [5, 5.41) is 3.31. The van der Waals surface area contributed by atoms with Crippen molar-refractivity contribution >= 4 is 10.0 Å². The van der Waals surface area contributed by atoms with E-state index < -0.39 is 14.8 Å². The number of fused-ring (bicyclic) bond motifs is 1. The Hall–Kier alpha value is -0.130. The molecule has 0 bridgehead atoms. The molecule has 0 aromatic carbocycles. The van der Waals surface area contributed by atoms with E-state index in [4.69, 9.17) is 0 Å². The molecule has 0 unspecified atom stereocenters. The van der Waals surface area contributed by atoms with E-state index in [1.165, 1.54) is 0 Å². The molecular weight excluding hydrogens is 212 g/mol. The Kier molecular flexibility index (Phi) is 2.60. The zero-order valence-corrected chi connectivity index (χ0v) is 10.5. The summed E-state index contributed by atoms with van der Waals surface area (Å²) < 4.78 is 25.4. The van der Waals surface area contributed by atoms with Gasteiger partial charge in [-0.05, 0) is 45.7 Å². The van der Waals surface area contributed by atoms with Gasteiger partial charge in [-0.1, -0.05) is 0 Å². The minimum absolute atomic E-state index is 0.530. The third-order valence-electron chi connectivity index (χ3n) is 3.47.